The number of ether oxygens (including phenoxy) is 1. The smallest absolute Gasteiger partial charge is 0.134 e. The van der Waals surface area contributed by atoms with Gasteiger partial charge in [-0.2, -0.15) is 0 Å². The van der Waals surface area contributed by atoms with Gasteiger partial charge in [0, 0.05) is 8.04 Å². The van der Waals surface area contributed by atoms with E-state index in [2.05, 4.69) is 67.2 Å². The van der Waals surface area contributed by atoms with Gasteiger partial charge >= 0.3 is 0 Å². The molecule has 0 heterocycles. The highest BCUT2D eigenvalue weighted by Crippen LogP contribution is 2.29. The average Bonchev–Trinajstić information content (AvgIpc) is 1.96. The predicted octanol–water partition coefficient (Wildman–Crippen LogP) is 3.67. The van der Waals surface area contributed by atoms with Crippen LogP contribution in [0.1, 0.15) is 0 Å². The van der Waals surface area contributed by atoms with Crippen LogP contribution in [0.3, 0.4) is 0 Å². The van der Waals surface area contributed by atoms with Crippen LogP contribution in [0.15, 0.2) is 16.6 Å². The maximum Gasteiger partial charge on any atom is 0.134 e. The van der Waals surface area contributed by atoms with Gasteiger partial charge in [0.2, 0.25) is 0 Å². The van der Waals surface area contributed by atoms with E-state index in [1.54, 1.807) is 7.11 Å². The highest BCUT2D eigenvalue weighted by molar-refractivity contribution is 14.1. The van der Waals surface area contributed by atoms with Gasteiger partial charge in [-0.1, -0.05) is 15.9 Å². The zero-order valence-electron chi connectivity index (χ0n) is 5.70. The molecule has 1 rings (SSSR count). The van der Waals surface area contributed by atoms with Crippen molar-refractivity contribution in [2.75, 3.05) is 7.11 Å². The van der Waals surface area contributed by atoms with Gasteiger partial charge < -0.3 is 4.74 Å². The monoisotopic (exact) mass is 438 g/mol. The van der Waals surface area contributed by atoms with Crippen molar-refractivity contribution in [2.45, 2.75) is 0 Å². The van der Waals surface area contributed by atoms with E-state index in [0.29, 0.717) is 0 Å². The molecule has 0 radical (unpaired) electrons. The molecular formula is C7H5BrI2O. The quantitative estimate of drug-likeness (QED) is 0.480. The maximum atomic E-state index is 5.16. The van der Waals surface area contributed by atoms with Crippen molar-refractivity contribution in [3.63, 3.8) is 0 Å². The topological polar surface area (TPSA) is 9.23 Å². The second-order valence-corrected chi connectivity index (χ2v) is 5.06. The van der Waals surface area contributed by atoms with Crippen LogP contribution in [-0.2, 0) is 0 Å². The molecule has 0 aliphatic rings. The Bertz CT molecular complexity index is 275. The number of hydrogen-bond acceptors (Lipinski definition) is 1. The molecule has 1 nitrogen and oxygen atoms in total. The van der Waals surface area contributed by atoms with Gasteiger partial charge in [-0.25, -0.2) is 0 Å². The normalized spacial score (nSPS) is 9.82. The Morgan fingerprint density at radius 3 is 2.55 bits per heavy atom. The lowest BCUT2D eigenvalue weighted by Crippen LogP contribution is -1.89. The van der Waals surface area contributed by atoms with E-state index in [9.17, 15) is 0 Å². The van der Waals surface area contributed by atoms with Gasteiger partial charge in [0.05, 0.1) is 10.7 Å². The summed E-state index contributed by atoms with van der Waals surface area (Å²) in [5, 5.41) is 0. The summed E-state index contributed by atoms with van der Waals surface area (Å²) in [6, 6.07) is 4.02. The summed E-state index contributed by atoms with van der Waals surface area (Å²) >= 11 is 7.95. The standard InChI is InChI=1S/C7H5BrI2O/c1-11-6-3-4(8)2-5(9)7(6)10/h2-3H,1H3. The summed E-state index contributed by atoms with van der Waals surface area (Å²) in [5.74, 6) is 0.921. The first-order valence-corrected chi connectivity index (χ1v) is 5.78. The van der Waals surface area contributed by atoms with Crippen LogP contribution in [0.2, 0.25) is 0 Å². The van der Waals surface area contributed by atoms with Gasteiger partial charge in [-0.3, -0.25) is 0 Å². The Morgan fingerprint density at radius 1 is 1.36 bits per heavy atom. The fourth-order valence-electron chi connectivity index (χ4n) is 0.681. The fourth-order valence-corrected chi connectivity index (χ4v) is 2.68. The van der Waals surface area contributed by atoms with E-state index in [1.165, 1.54) is 3.57 Å². The molecule has 11 heavy (non-hydrogen) atoms. The Hall–Kier alpha value is 0.960. The average molecular weight is 439 g/mol. The molecule has 0 unspecified atom stereocenters. The number of rotatable bonds is 1. The molecule has 0 aliphatic carbocycles. The van der Waals surface area contributed by atoms with Gasteiger partial charge in [-0.05, 0) is 57.3 Å². The molecule has 0 saturated heterocycles. The van der Waals surface area contributed by atoms with E-state index in [0.717, 1.165) is 13.8 Å². The van der Waals surface area contributed by atoms with Crippen molar-refractivity contribution in [2.24, 2.45) is 0 Å². The second-order valence-electron chi connectivity index (χ2n) is 1.90. The van der Waals surface area contributed by atoms with E-state index < -0.39 is 0 Å². The first-order valence-electron chi connectivity index (χ1n) is 2.83. The molecule has 0 aliphatic heterocycles. The number of hydrogen-bond donors (Lipinski definition) is 0. The molecule has 0 saturated carbocycles. The molecule has 0 spiro atoms. The van der Waals surface area contributed by atoms with Crippen LogP contribution in [0.5, 0.6) is 5.75 Å². The van der Waals surface area contributed by atoms with Crippen LogP contribution >= 0.6 is 61.1 Å². The summed E-state index contributed by atoms with van der Waals surface area (Å²) in [4.78, 5) is 0. The summed E-state index contributed by atoms with van der Waals surface area (Å²) in [5.41, 5.74) is 0. The minimum atomic E-state index is 0.921. The van der Waals surface area contributed by atoms with Crippen LogP contribution in [0.4, 0.5) is 0 Å². The fraction of sp³-hybridized carbons (Fsp3) is 0.143. The zero-order valence-corrected chi connectivity index (χ0v) is 11.6. The minimum Gasteiger partial charge on any atom is -0.496 e. The highest BCUT2D eigenvalue weighted by Gasteiger charge is 2.04. The molecule has 0 bridgehead atoms. The van der Waals surface area contributed by atoms with Crippen LogP contribution in [0.25, 0.3) is 0 Å². The first kappa shape index (κ1) is 10.0. The highest BCUT2D eigenvalue weighted by atomic mass is 127. The molecule has 0 aromatic heterocycles. The lowest BCUT2D eigenvalue weighted by atomic mass is 10.3. The predicted molar refractivity (Wildman–Crippen MR) is 66.1 cm³/mol. The summed E-state index contributed by atoms with van der Waals surface area (Å²) in [6.07, 6.45) is 0. The van der Waals surface area contributed by atoms with Crippen LogP contribution < -0.4 is 4.74 Å². The lowest BCUT2D eigenvalue weighted by Gasteiger charge is -2.04. The summed E-state index contributed by atoms with van der Waals surface area (Å²) < 4.78 is 8.58. The number of methoxy groups -OCH3 is 1. The largest absolute Gasteiger partial charge is 0.496 e. The Labute approximate surface area is 101 Å². The SMILES string of the molecule is COc1cc(Br)cc(I)c1I. The van der Waals surface area contributed by atoms with Crippen molar-refractivity contribution in [1.29, 1.82) is 0 Å². The van der Waals surface area contributed by atoms with Crippen molar-refractivity contribution in [3.8, 4) is 5.75 Å². The second kappa shape index (κ2) is 4.27. The van der Waals surface area contributed by atoms with Crippen LogP contribution in [0, 0.1) is 7.14 Å². The van der Waals surface area contributed by atoms with Gasteiger partial charge in [0.15, 0.2) is 0 Å². The van der Waals surface area contributed by atoms with E-state index in [4.69, 9.17) is 4.74 Å². The lowest BCUT2D eigenvalue weighted by molar-refractivity contribution is 0.411. The maximum absolute atomic E-state index is 5.16. The number of halogens is 3. The molecule has 1 aromatic rings. The molecule has 0 fully saturated rings. The first-order chi connectivity index (χ1) is 5.15. The molecule has 4 heteroatoms. The third-order valence-electron chi connectivity index (χ3n) is 1.18. The van der Waals surface area contributed by atoms with Crippen LogP contribution in [-0.4, -0.2) is 7.11 Å². The number of benzene rings is 1. The Balaban J connectivity index is 3.24. The molecule has 0 N–H and O–H groups in total. The van der Waals surface area contributed by atoms with Crippen molar-refractivity contribution >= 4 is 61.1 Å². The van der Waals surface area contributed by atoms with E-state index >= 15 is 0 Å². The third-order valence-corrected chi connectivity index (χ3v) is 4.63. The van der Waals surface area contributed by atoms with Crippen molar-refractivity contribution in [1.82, 2.24) is 0 Å². The summed E-state index contributed by atoms with van der Waals surface area (Å²) in [6.45, 7) is 0. The van der Waals surface area contributed by atoms with Gasteiger partial charge in [0.1, 0.15) is 5.75 Å². The Morgan fingerprint density at radius 2 is 2.00 bits per heavy atom. The summed E-state index contributed by atoms with van der Waals surface area (Å²) in [7, 11) is 1.68. The van der Waals surface area contributed by atoms with E-state index in [-0.39, 0.29) is 0 Å². The molecule has 0 amide bonds. The molecular weight excluding hydrogens is 434 g/mol. The van der Waals surface area contributed by atoms with Gasteiger partial charge in [0.25, 0.3) is 0 Å². The van der Waals surface area contributed by atoms with Crippen molar-refractivity contribution < 1.29 is 4.74 Å². The molecule has 60 valence electrons. The molecule has 0 atom stereocenters. The zero-order chi connectivity index (χ0) is 8.43. The third kappa shape index (κ3) is 2.45. The molecule has 1 aromatic carbocycles. The van der Waals surface area contributed by atoms with Crippen molar-refractivity contribution in [3.05, 3.63) is 23.7 Å². The Kier molecular flexibility index (Phi) is 3.90. The minimum absolute atomic E-state index is 0.921. The van der Waals surface area contributed by atoms with E-state index in [1.807, 2.05) is 6.07 Å². The van der Waals surface area contributed by atoms with Gasteiger partial charge in [-0.15, -0.1) is 0 Å².